The Morgan fingerprint density at radius 1 is 1.44 bits per heavy atom. The number of nitrogen functional groups attached to an aromatic ring is 1. The van der Waals surface area contributed by atoms with E-state index in [-0.39, 0.29) is 5.82 Å². The zero-order chi connectivity index (χ0) is 13.1. The predicted molar refractivity (Wildman–Crippen MR) is 76.1 cm³/mol. The van der Waals surface area contributed by atoms with Crippen molar-refractivity contribution < 1.29 is 9.13 Å². The summed E-state index contributed by atoms with van der Waals surface area (Å²) in [5, 5.41) is 2.36. The van der Waals surface area contributed by atoms with E-state index < -0.39 is 0 Å². The number of hydrogen-bond acceptors (Lipinski definition) is 4. The fourth-order valence-electron chi connectivity index (χ4n) is 1.40. The van der Waals surface area contributed by atoms with Gasteiger partial charge < -0.3 is 10.5 Å². The molecular weight excluding hydrogens is 319 g/mol. The number of hydrogen-bond donors (Lipinski definition) is 1. The van der Waals surface area contributed by atoms with E-state index in [4.69, 9.17) is 10.5 Å². The molecule has 2 rings (SSSR count). The summed E-state index contributed by atoms with van der Waals surface area (Å²) in [5.41, 5.74) is 7.06. The molecule has 0 aliphatic carbocycles. The van der Waals surface area contributed by atoms with Gasteiger partial charge in [-0.05, 0) is 34.1 Å². The van der Waals surface area contributed by atoms with Gasteiger partial charge in [0.15, 0.2) is 5.13 Å². The molecule has 0 spiro atoms. The molecule has 0 amide bonds. The highest BCUT2D eigenvalue weighted by Gasteiger charge is 2.06. The van der Waals surface area contributed by atoms with Gasteiger partial charge in [0, 0.05) is 17.0 Å². The van der Waals surface area contributed by atoms with Crippen molar-refractivity contribution in [2.45, 2.75) is 0 Å². The summed E-state index contributed by atoms with van der Waals surface area (Å²) in [6, 6.07) is 2.99. The molecule has 0 saturated heterocycles. The van der Waals surface area contributed by atoms with Crippen LogP contribution in [0.4, 0.5) is 9.52 Å². The summed E-state index contributed by atoms with van der Waals surface area (Å²) in [4.78, 5) is 4.10. The standard InChI is InChI=1S/C12H10BrFN2OS/c1-17-11-5-10(14)9(13)4-7(11)2-3-8-6-18-12(15)16-8/h2-6H,1H3,(H2,15,16)/b3-2+. The van der Waals surface area contributed by atoms with E-state index in [0.29, 0.717) is 15.4 Å². The maximum atomic E-state index is 13.3. The maximum absolute atomic E-state index is 13.3. The Morgan fingerprint density at radius 3 is 2.83 bits per heavy atom. The largest absolute Gasteiger partial charge is 0.496 e. The van der Waals surface area contributed by atoms with Crippen LogP contribution in [0.3, 0.4) is 0 Å². The lowest BCUT2D eigenvalue weighted by atomic mass is 10.1. The van der Waals surface area contributed by atoms with Crippen molar-refractivity contribution in [3.63, 3.8) is 0 Å². The van der Waals surface area contributed by atoms with Crippen LogP contribution >= 0.6 is 27.3 Å². The lowest BCUT2D eigenvalue weighted by Gasteiger charge is -2.05. The Bertz CT molecular complexity index is 598. The minimum Gasteiger partial charge on any atom is -0.496 e. The molecule has 94 valence electrons. The zero-order valence-electron chi connectivity index (χ0n) is 9.48. The molecule has 2 aromatic rings. The van der Waals surface area contributed by atoms with Crippen LogP contribution in [-0.2, 0) is 0 Å². The molecule has 0 bridgehead atoms. The summed E-state index contributed by atoms with van der Waals surface area (Å²) < 4.78 is 18.8. The fraction of sp³-hybridized carbons (Fsp3) is 0.0833. The van der Waals surface area contributed by atoms with Gasteiger partial charge in [0.1, 0.15) is 11.6 Å². The molecule has 0 saturated carbocycles. The normalized spacial score (nSPS) is 11.1. The first kappa shape index (κ1) is 13.0. The smallest absolute Gasteiger partial charge is 0.180 e. The van der Waals surface area contributed by atoms with Gasteiger partial charge in [-0.2, -0.15) is 0 Å². The molecule has 1 aromatic carbocycles. The van der Waals surface area contributed by atoms with Crippen LogP contribution in [0.25, 0.3) is 12.2 Å². The highest BCUT2D eigenvalue weighted by molar-refractivity contribution is 9.10. The Kier molecular flexibility index (Phi) is 3.98. The number of nitrogens with two attached hydrogens (primary N) is 1. The van der Waals surface area contributed by atoms with Crippen molar-refractivity contribution in [3.05, 3.63) is 39.1 Å². The number of ether oxygens (including phenoxy) is 1. The molecule has 0 atom stereocenters. The topological polar surface area (TPSA) is 48.1 Å². The monoisotopic (exact) mass is 328 g/mol. The molecule has 0 fully saturated rings. The highest BCUT2D eigenvalue weighted by atomic mass is 79.9. The van der Waals surface area contributed by atoms with E-state index in [1.807, 2.05) is 5.38 Å². The number of thiazole rings is 1. The van der Waals surface area contributed by atoms with Gasteiger partial charge in [0.2, 0.25) is 0 Å². The van der Waals surface area contributed by atoms with Crippen LogP contribution in [0, 0.1) is 5.82 Å². The average molecular weight is 329 g/mol. The second-order valence-electron chi connectivity index (χ2n) is 3.45. The van der Waals surface area contributed by atoms with Gasteiger partial charge in [0.25, 0.3) is 0 Å². The summed E-state index contributed by atoms with van der Waals surface area (Å²) in [6.45, 7) is 0. The molecule has 0 aliphatic rings. The third-order valence-corrected chi connectivity index (χ3v) is 3.55. The lowest BCUT2D eigenvalue weighted by molar-refractivity contribution is 0.410. The third kappa shape index (κ3) is 2.88. The Hall–Kier alpha value is -1.40. The Labute approximate surface area is 116 Å². The molecular formula is C12H10BrFN2OS. The number of rotatable bonds is 3. The van der Waals surface area contributed by atoms with E-state index in [0.717, 1.165) is 11.3 Å². The molecule has 2 N–H and O–H groups in total. The molecule has 6 heteroatoms. The van der Waals surface area contributed by atoms with Crippen molar-refractivity contribution >= 4 is 44.6 Å². The number of methoxy groups -OCH3 is 1. The molecule has 1 heterocycles. The van der Waals surface area contributed by atoms with Crippen molar-refractivity contribution in [1.29, 1.82) is 0 Å². The summed E-state index contributed by atoms with van der Waals surface area (Å²) in [5.74, 6) is 0.108. The summed E-state index contributed by atoms with van der Waals surface area (Å²) in [6.07, 6.45) is 3.60. The van der Waals surface area contributed by atoms with Gasteiger partial charge >= 0.3 is 0 Å². The quantitative estimate of drug-likeness (QED) is 0.932. The number of aromatic nitrogens is 1. The predicted octanol–water partition coefficient (Wildman–Crippen LogP) is 3.81. The number of nitrogens with zero attached hydrogens (tertiary/aromatic N) is 1. The first-order valence-corrected chi connectivity index (χ1v) is 6.69. The second-order valence-corrected chi connectivity index (χ2v) is 5.20. The number of benzene rings is 1. The first-order valence-electron chi connectivity index (χ1n) is 5.02. The van der Waals surface area contributed by atoms with Crippen molar-refractivity contribution in [2.75, 3.05) is 12.8 Å². The maximum Gasteiger partial charge on any atom is 0.180 e. The molecule has 1 aromatic heterocycles. The molecule has 0 unspecified atom stereocenters. The van der Waals surface area contributed by atoms with Crippen LogP contribution in [-0.4, -0.2) is 12.1 Å². The van der Waals surface area contributed by atoms with Crippen LogP contribution in [0.15, 0.2) is 22.0 Å². The van der Waals surface area contributed by atoms with Gasteiger partial charge in [-0.15, -0.1) is 11.3 Å². The van der Waals surface area contributed by atoms with Crippen molar-refractivity contribution in [2.24, 2.45) is 0 Å². The van der Waals surface area contributed by atoms with Crippen molar-refractivity contribution in [1.82, 2.24) is 4.98 Å². The Balaban J connectivity index is 2.33. The Morgan fingerprint density at radius 2 is 2.22 bits per heavy atom. The van der Waals surface area contributed by atoms with Gasteiger partial charge in [-0.25, -0.2) is 9.37 Å². The summed E-state index contributed by atoms with van der Waals surface area (Å²) in [7, 11) is 1.50. The fourth-order valence-corrected chi connectivity index (χ4v) is 2.30. The number of halogens is 2. The van der Waals surface area contributed by atoms with E-state index in [9.17, 15) is 4.39 Å². The van der Waals surface area contributed by atoms with E-state index >= 15 is 0 Å². The van der Waals surface area contributed by atoms with Crippen LogP contribution in [0.5, 0.6) is 5.75 Å². The molecule has 0 aliphatic heterocycles. The van der Waals surface area contributed by atoms with Gasteiger partial charge in [0.05, 0.1) is 17.3 Å². The van der Waals surface area contributed by atoms with Gasteiger partial charge in [-0.3, -0.25) is 0 Å². The van der Waals surface area contributed by atoms with Crippen LogP contribution in [0.2, 0.25) is 0 Å². The summed E-state index contributed by atoms with van der Waals surface area (Å²) >= 11 is 4.51. The second kappa shape index (κ2) is 5.49. The minimum absolute atomic E-state index is 0.359. The third-order valence-electron chi connectivity index (χ3n) is 2.25. The highest BCUT2D eigenvalue weighted by Crippen LogP contribution is 2.28. The molecule has 3 nitrogen and oxygen atoms in total. The SMILES string of the molecule is COc1cc(F)c(Br)cc1/C=C/c1csc(N)n1. The van der Waals surface area contributed by atoms with E-state index in [2.05, 4.69) is 20.9 Å². The van der Waals surface area contributed by atoms with Crippen LogP contribution in [0.1, 0.15) is 11.3 Å². The van der Waals surface area contributed by atoms with Crippen LogP contribution < -0.4 is 10.5 Å². The van der Waals surface area contributed by atoms with Crippen molar-refractivity contribution in [3.8, 4) is 5.75 Å². The zero-order valence-corrected chi connectivity index (χ0v) is 11.9. The number of anilines is 1. The van der Waals surface area contributed by atoms with E-state index in [1.54, 1.807) is 18.2 Å². The lowest BCUT2D eigenvalue weighted by Crippen LogP contribution is -1.89. The first-order chi connectivity index (χ1) is 8.60. The molecule has 18 heavy (non-hydrogen) atoms. The minimum atomic E-state index is -0.359. The van der Waals surface area contributed by atoms with Gasteiger partial charge in [-0.1, -0.05) is 0 Å². The average Bonchev–Trinajstić information content (AvgIpc) is 2.76. The van der Waals surface area contributed by atoms with E-state index in [1.165, 1.54) is 24.5 Å². The molecule has 0 radical (unpaired) electrons.